The molecule has 1 amide bonds. The first-order valence-electron chi connectivity index (χ1n) is 6.29. The standard InChI is InChI=1S/C14H17BrClNO2/c1-10-8-11(15)2-3-12(10)13(18)17-14(9-16)4-6-19-7-5-14/h2-3,8H,4-7,9H2,1H3,(H,17,18). The zero-order chi connectivity index (χ0) is 13.9. The number of nitrogens with one attached hydrogen (secondary N) is 1. The van der Waals surface area contributed by atoms with Gasteiger partial charge in [0.15, 0.2) is 0 Å². The number of halogens is 2. The predicted molar refractivity (Wildman–Crippen MR) is 79.8 cm³/mol. The van der Waals surface area contributed by atoms with E-state index in [2.05, 4.69) is 21.2 Å². The molecule has 1 aliphatic rings. The Labute approximate surface area is 126 Å². The Morgan fingerprint density at radius 1 is 1.47 bits per heavy atom. The van der Waals surface area contributed by atoms with Crippen molar-refractivity contribution in [3.63, 3.8) is 0 Å². The molecular weight excluding hydrogens is 330 g/mol. The van der Waals surface area contributed by atoms with Crippen LogP contribution in [0.25, 0.3) is 0 Å². The van der Waals surface area contributed by atoms with E-state index < -0.39 is 0 Å². The summed E-state index contributed by atoms with van der Waals surface area (Å²) in [6.45, 7) is 3.22. The van der Waals surface area contributed by atoms with Crippen LogP contribution in [0.3, 0.4) is 0 Å². The maximum absolute atomic E-state index is 12.4. The average molecular weight is 347 g/mol. The molecule has 0 bridgehead atoms. The Hall–Kier alpha value is -0.580. The summed E-state index contributed by atoms with van der Waals surface area (Å²) in [5.74, 6) is 0.352. The minimum Gasteiger partial charge on any atom is -0.381 e. The molecule has 0 aliphatic carbocycles. The second kappa shape index (κ2) is 6.25. The van der Waals surface area contributed by atoms with Crippen molar-refractivity contribution in [1.82, 2.24) is 5.32 Å². The molecule has 1 heterocycles. The first-order chi connectivity index (χ1) is 9.06. The van der Waals surface area contributed by atoms with Gasteiger partial charge in [-0.05, 0) is 43.5 Å². The molecule has 5 heteroatoms. The van der Waals surface area contributed by atoms with Crippen LogP contribution in [0, 0.1) is 6.92 Å². The molecule has 0 radical (unpaired) electrons. The third kappa shape index (κ3) is 3.50. The zero-order valence-electron chi connectivity index (χ0n) is 10.8. The summed E-state index contributed by atoms with van der Waals surface area (Å²) in [4.78, 5) is 12.4. The van der Waals surface area contributed by atoms with E-state index in [1.807, 2.05) is 25.1 Å². The third-order valence-electron chi connectivity index (χ3n) is 3.52. The van der Waals surface area contributed by atoms with Gasteiger partial charge in [-0.2, -0.15) is 0 Å². The fourth-order valence-corrected chi connectivity index (χ4v) is 3.05. The van der Waals surface area contributed by atoms with Crippen LogP contribution in [0.4, 0.5) is 0 Å². The van der Waals surface area contributed by atoms with Crippen LogP contribution in [0.2, 0.25) is 0 Å². The van der Waals surface area contributed by atoms with Gasteiger partial charge in [0, 0.05) is 29.1 Å². The number of ether oxygens (including phenoxy) is 1. The Morgan fingerprint density at radius 2 is 2.16 bits per heavy atom. The monoisotopic (exact) mass is 345 g/mol. The van der Waals surface area contributed by atoms with Gasteiger partial charge in [0.05, 0.1) is 5.54 Å². The van der Waals surface area contributed by atoms with E-state index in [-0.39, 0.29) is 11.4 Å². The van der Waals surface area contributed by atoms with E-state index in [4.69, 9.17) is 16.3 Å². The molecule has 0 aromatic heterocycles. The smallest absolute Gasteiger partial charge is 0.252 e. The topological polar surface area (TPSA) is 38.3 Å². The van der Waals surface area contributed by atoms with Crippen LogP contribution in [0.5, 0.6) is 0 Å². The molecule has 1 N–H and O–H groups in total. The van der Waals surface area contributed by atoms with Gasteiger partial charge in [-0.3, -0.25) is 4.79 Å². The molecule has 1 aromatic carbocycles. The maximum atomic E-state index is 12.4. The number of benzene rings is 1. The molecule has 19 heavy (non-hydrogen) atoms. The van der Waals surface area contributed by atoms with Crippen molar-refractivity contribution < 1.29 is 9.53 Å². The van der Waals surface area contributed by atoms with Crippen LogP contribution in [-0.2, 0) is 4.74 Å². The Balaban J connectivity index is 2.15. The van der Waals surface area contributed by atoms with Crippen molar-refractivity contribution in [2.45, 2.75) is 25.3 Å². The Morgan fingerprint density at radius 3 is 2.74 bits per heavy atom. The van der Waals surface area contributed by atoms with Crippen LogP contribution >= 0.6 is 27.5 Å². The molecule has 0 saturated carbocycles. The minimum atomic E-state index is -0.337. The lowest BCUT2D eigenvalue weighted by atomic mass is 9.91. The zero-order valence-corrected chi connectivity index (χ0v) is 13.2. The normalized spacial score (nSPS) is 18.1. The molecular formula is C14H17BrClNO2. The first-order valence-corrected chi connectivity index (χ1v) is 7.61. The van der Waals surface area contributed by atoms with Crippen molar-refractivity contribution >= 4 is 33.4 Å². The van der Waals surface area contributed by atoms with E-state index in [1.54, 1.807) is 0 Å². The van der Waals surface area contributed by atoms with Crippen LogP contribution in [-0.4, -0.2) is 30.5 Å². The lowest BCUT2D eigenvalue weighted by molar-refractivity contribution is 0.0433. The lowest BCUT2D eigenvalue weighted by Gasteiger charge is -2.36. The van der Waals surface area contributed by atoms with Gasteiger partial charge in [-0.15, -0.1) is 11.6 Å². The number of carbonyl (C=O) groups excluding carboxylic acids is 1. The van der Waals surface area contributed by atoms with E-state index >= 15 is 0 Å². The number of hydrogen-bond donors (Lipinski definition) is 1. The molecule has 0 atom stereocenters. The van der Waals surface area contributed by atoms with Crippen molar-refractivity contribution in [3.8, 4) is 0 Å². The number of carbonyl (C=O) groups is 1. The van der Waals surface area contributed by atoms with Gasteiger partial charge in [0.25, 0.3) is 5.91 Å². The SMILES string of the molecule is Cc1cc(Br)ccc1C(=O)NC1(CCl)CCOCC1. The molecule has 3 nitrogen and oxygen atoms in total. The average Bonchev–Trinajstić information content (AvgIpc) is 2.39. The quantitative estimate of drug-likeness (QED) is 0.853. The lowest BCUT2D eigenvalue weighted by Crippen LogP contribution is -2.53. The summed E-state index contributed by atoms with van der Waals surface area (Å²) < 4.78 is 6.31. The number of aryl methyl sites for hydroxylation is 1. The Bertz CT molecular complexity index is 473. The van der Waals surface area contributed by atoms with Crippen molar-refractivity contribution in [2.24, 2.45) is 0 Å². The number of amides is 1. The molecule has 0 spiro atoms. The largest absolute Gasteiger partial charge is 0.381 e. The predicted octanol–water partition coefficient (Wildman–Crippen LogP) is 3.28. The minimum absolute atomic E-state index is 0.0625. The van der Waals surface area contributed by atoms with E-state index in [0.717, 1.165) is 22.9 Å². The van der Waals surface area contributed by atoms with Gasteiger partial charge in [0.1, 0.15) is 0 Å². The van der Waals surface area contributed by atoms with Gasteiger partial charge in [0.2, 0.25) is 0 Å². The highest BCUT2D eigenvalue weighted by Crippen LogP contribution is 2.24. The number of rotatable bonds is 3. The van der Waals surface area contributed by atoms with Gasteiger partial charge >= 0.3 is 0 Å². The molecule has 0 unspecified atom stereocenters. The highest BCUT2D eigenvalue weighted by molar-refractivity contribution is 9.10. The second-order valence-electron chi connectivity index (χ2n) is 4.94. The summed E-state index contributed by atoms with van der Waals surface area (Å²) in [6, 6.07) is 5.64. The molecule has 1 fully saturated rings. The van der Waals surface area contributed by atoms with E-state index in [1.165, 1.54) is 0 Å². The molecule has 104 valence electrons. The van der Waals surface area contributed by atoms with Gasteiger partial charge in [-0.25, -0.2) is 0 Å². The maximum Gasteiger partial charge on any atom is 0.252 e. The highest BCUT2D eigenvalue weighted by atomic mass is 79.9. The fourth-order valence-electron chi connectivity index (χ4n) is 2.24. The van der Waals surface area contributed by atoms with E-state index in [9.17, 15) is 4.79 Å². The number of alkyl halides is 1. The second-order valence-corrected chi connectivity index (χ2v) is 6.12. The van der Waals surface area contributed by atoms with Gasteiger partial charge < -0.3 is 10.1 Å². The highest BCUT2D eigenvalue weighted by Gasteiger charge is 2.33. The number of hydrogen-bond acceptors (Lipinski definition) is 2. The van der Waals surface area contributed by atoms with Crippen LogP contribution in [0.15, 0.2) is 22.7 Å². The third-order valence-corrected chi connectivity index (χ3v) is 4.52. The van der Waals surface area contributed by atoms with Gasteiger partial charge in [-0.1, -0.05) is 15.9 Å². The summed E-state index contributed by atoms with van der Waals surface area (Å²) >= 11 is 9.45. The summed E-state index contributed by atoms with van der Waals surface area (Å²) in [6.07, 6.45) is 1.52. The van der Waals surface area contributed by atoms with Crippen LogP contribution < -0.4 is 5.32 Å². The molecule has 2 rings (SSSR count). The van der Waals surface area contributed by atoms with E-state index in [0.29, 0.717) is 24.7 Å². The summed E-state index contributed by atoms with van der Waals surface area (Å²) in [5.41, 5.74) is 1.30. The first kappa shape index (κ1) is 14.8. The van der Waals surface area contributed by atoms with Crippen molar-refractivity contribution in [2.75, 3.05) is 19.1 Å². The van der Waals surface area contributed by atoms with Crippen molar-refractivity contribution in [3.05, 3.63) is 33.8 Å². The fraction of sp³-hybridized carbons (Fsp3) is 0.500. The summed E-state index contributed by atoms with van der Waals surface area (Å²) in [7, 11) is 0. The van der Waals surface area contributed by atoms with Crippen molar-refractivity contribution in [1.29, 1.82) is 0 Å². The summed E-state index contributed by atoms with van der Waals surface area (Å²) in [5, 5.41) is 3.09. The molecule has 1 aliphatic heterocycles. The molecule has 1 saturated heterocycles. The Kier molecular flexibility index (Phi) is 4.87. The molecule has 1 aromatic rings. The van der Waals surface area contributed by atoms with Crippen LogP contribution in [0.1, 0.15) is 28.8 Å².